The number of amidine groups is 1. The van der Waals surface area contributed by atoms with E-state index in [9.17, 15) is 22.8 Å². The summed E-state index contributed by atoms with van der Waals surface area (Å²) in [6, 6.07) is 1.98. The Morgan fingerprint density at radius 1 is 1.25 bits per heavy atom. The Morgan fingerprint density at radius 3 is 2.50 bits per heavy atom. The Morgan fingerprint density at radius 2 is 1.94 bits per heavy atom. The van der Waals surface area contributed by atoms with E-state index in [0.29, 0.717) is 30.6 Å². The fourth-order valence-electron chi connectivity index (χ4n) is 4.27. The summed E-state index contributed by atoms with van der Waals surface area (Å²) in [5.74, 6) is -0.0998. The van der Waals surface area contributed by atoms with E-state index < -0.39 is 29.1 Å². The van der Waals surface area contributed by atoms with Crippen LogP contribution in [-0.2, 0) is 15.7 Å². The van der Waals surface area contributed by atoms with Crippen LogP contribution in [0.2, 0.25) is 0 Å². The smallest absolute Gasteiger partial charge is 0.433 e. The molecule has 4 rings (SSSR count). The van der Waals surface area contributed by atoms with Gasteiger partial charge in [-0.3, -0.25) is 9.79 Å². The van der Waals surface area contributed by atoms with Crippen molar-refractivity contribution in [3.05, 3.63) is 29.1 Å². The second-order valence-corrected chi connectivity index (χ2v) is 9.82. The molecule has 0 radical (unpaired) electrons. The van der Waals surface area contributed by atoms with Gasteiger partial charge in [-0.25, -0.2) is 9.78 Å². The van der Waals surface area contributed by atoms with Crippen molar-refractivity contribution in [3.8, 4) is 0 Å². The van der Waals surface area contributed by atoms with Crippen molar-refractivity contribution >= 4 is 17.8 Å². The van der Waals surface area contributed by atoms with Gasteiger partial charge in [0.2, 0.25) is 0 Å². The van der Waals surface area contributed by atoms with Crippen LogP contribution in [0.3, 0.4) is 0 Å². The van der Waals surface area contributed by atoms with E-state index in [-0.39, 0.29) is 23.7 Å². The summed E-state index contributed by atoms with van der Waals surface area (Å²) in [4.78, 5) is 35.6. The summed E-state index contributed by atoms with van der Waals surface area (Å²) < 4.78 is 44.9. The minimum absolute atomic E-state index is 0.0589. The fraction of sp³-hybridized carbons (Fsp3) is 0.636. The first-order valence-electron chi connectivity index (χ1n) is 10.8. The molecule has 1 aromatic heterocycles. The maximum atomic E-state index is 13.2. The molecule has 1 saturated heterocycles. The average molecular weight is 452 g/mol. The summed E-state index contributed by atoms with van der Waals surface area (Å²) in [5, 5.41) is 2.77. The molecule has 174 valence electrons. The predicted molar refractivity (Wildman–Crippen MR) is 110 cm³/mol. The van der Waals surface area contributed by atoms with Gasteiger partial charge in [0.25, 0.3) is 5.91 Å². The number of aliphatic imine (C=N–C) groups is 1. The van der Waals surface area contributed by atoms with Crippen LogP contribution in [-0.4, -0.2) is 51.4 Å². The van der Waals surface area contributed by atoms with Crippen molar-refractivity contribution in [2.75, 3.05) is 6.54 Å². The first-order chi connectivity index (χ1) is 14.8. The van der Waals surface area contributed by atoms with Gasteiger partial charge in [0, 0.05) is 30.5 Å². The van der Waals surface area contributed by atoms with Gasteiger partial charge in [0.05, 0.1) is 5.69 Å². The lowest BCUT2D eigenvalue weighted by molar-refractivity contribution is -0.141. The molecule has 1 aliphatic carbocycles. The van der Waals surface area contributed by atoms with Crippen LogP contribution >= 0.6 is 0 Å². The summed E-state index contributed by atoms with van der Waals surface area (Å²) in [7, 11) is 0. The lowest BCUT2D eigenvalue weighted by Crippen LogP contribution is -2.55. The molecule has 1 N–H and O–H groups in total. The number of rotatable bonds is 2. The van der Waals surface area contributed by atoms with Gasteiger partial charge in [-0.2, -0.15) is 13.2 Å². The number of ether oxygens (including phenoxy) is 1. The largest absolute Gasteiger partial charge is 0.444 e. The molecular weight excluding hydrogens is 425 g/mol. The standard InChI is InChI=1S/C22H27F3N4O3/c1-12-11-21(9-10-29(12)19(31)32-20(2,3)4)18(30)27-17(28-21)14-7-8-15(22(23,24)25)26-16(14)13-5-6-13/h7-8,12-13H,5-6,9-11H2,1-4H3,(H,27,28,30)/t12-,21+/m0/s1. The van der Waals surface area contributed by atoms with Crippen LogP contribution in [0.4, 0.5) is 18.0 Å². The van der Waals surface area contributed by atoms with Gasteiger partial charge in [-0.1, -0.05) is 0 Å². The van der Waals surface area contributed by atoms with Gasteiger partial charge >= 0.3 is 12.3 Å². The topological polar surface area (TPSA) is 83.9 Å². The molecular formula is C22H27F3N4O3. The zero-order valence-corrected chi connectivity index (χ0v) is 18.5. The Kier molecular flexibility index (Phi) is 5.25. The molecule has 3 heterocycles. The van der Waals surface area contributed by atoms with E-state index in [4.69, 9.17) is 4.74 Å². The summed E-state index contributed by atoms with van der Waals surface area (Å²) >= 11 is 0. The molecule has 3 aliphatic rings. The van der Waals surface area contributed by atoms with Gasteiger partial charge < -0.3 is 15.0 Å². The number of carbonyl (C=O) groups excluding carboxylic acids is 2. The molecule has 0 bridgehead atoms. The maximum absolute atomic E-state index is 13.2. The predicted octanol–water partition coefficient (Wildman–Crippen LogP) is 4.01. The molecule has 1 spiro atoms. The average Bonchev–Trinajstić information content (AvgIpc) is 3.45. The number of amides is 2. The van der Waals surface area contributed by atoms with Gasteiger partial charge in [-0.05, 0) is 59.1 Å². The second kappa shape index (κ2) is 7.45. The number of carbonyl (C=O) groups is 2. The molecule has 2 atom stereocenters. The van der Waals surface area contributed by atoms with E-state index in [1.54, 1.807) is 25.7 Å². The van der Waals surface area contributed by atoms with Gasteiger partial charge in [0.15, 0.2) is 0 Å². The maximum Gasteiger partial charge on any atom is 0.433 e. The Labute approximate surface area is 184 Å². The Balaban J connectivity index is 1.59. The number of piperidine rings is 1. The summed E-state index contributed by atoms with van der Waals surface area (Å²) in [6.45, 7) is 7.49. The Bertz CT molecular complexity index is 982. The number of hydrogen-bond donors (Lipinski definition) is 1. The van der Waals surface area contributed by atoms with Crippen molar-refractivity contribution in [3.63, 3.8) is 0 Å². The van der Waals surface area contributed by atoms with Crippen LogP contribution in [0.15, 0.2) is 17.1 Å². The normalized spacial score (nSPS) is 26.2. The van der Waals surface area contributed by atoms with Crippen LogP contribution in [0.5, 0.6) is 0 Å². The summed E-state index contributed by atoms with van der Waals surface area (Å²) in [5.41, 5.74) is -1.86. The van der Waals surface area contributed by atoms with Crippen molar-refractivity contribution in [2.45, 2.75) is 82.7 Å². The van der Waals surface area contributed by atoms with E-state index in [0.717, 1.165) is 18.9 Å². The molecule has 32 heavy (non-hydrogen) atoms. The first-order valence-corrected chi connectivity index (χ1v) is 10.8. The van der Waals surface area contributed by atoms with Crippen molar-refractivity contribution in [2.24, 2.45) is 4.99 Å². The fourth-order valence-corrected chi connectivity index (χ4v) is 4.27. The zero-order valence-electron chi connectivity index (χ0n) is 18.5. The number of aromatic nitrogens is 1. The van der Waals surface area contributed by atoms with Crippen LogP contribution in [0.25, 0.3) is 0 Å². The minimum Gasteiger partial charge on any atom is -0.444 e. The van der Waals surface area contributed by atoms with E-state index in [2.05, 4.69) is 15.3 Å². The third-order valence-corrected chi connectivity index (χ3v) is 5.97. The SMILES string of the molecule is C[C@H]1C[C@@]2(CCN1C(=O)OC(C)(C)C)N=C(c1ccc(C(F)(F)F)nc1C1CC1)NC2=O. The molecule has 7 nitrogen and oxygen atoms in total. The molecule has 2 fully saturated rings. The van der Waals surface area contributed by atoms with Crippen LogP contribution in [0, 0.1) is 0 Å². The molecule has 1 saturated carbocycles. The zero-order chi connectivity index (χ0) is 23.5. The lowest BCUT2D eigenvalue weighted by Gasteiger charge is -2.40. The number of pyridine rings is 1. The molecule has 0 aromatic carbocycles. The second-order valence-electron chi connectivity index (χ2n) is 9.82. The number of halogens is 3. The van der Waals surface area contributed by atoms with Crippen molar-refractivity contribution in [1.82, 2.24) is 15.2 Å². The van der Waals surface area contributed by atoms with E-state index in [1.807, 2.05) is 6.92 Å². The number of alkyl halides is 3. The highest BCUT2D eigenvalue weighted by molar-refractivity contribution is 6.16. The molecule has 2 amide bonds. The van der Waals surface area contributed by atoms with Gasteiger partial charge in [-0.15, -0.1) is 0 Å². The number of nitrogens with one attached hydrogen (secondary N) is 1. The molecule has 0 unspecified atom stereocenters. The highest BCUT2D eigenvalue weighted by Gasteiger charge is 2.50. The third kappa shape index (κ3) is 4.31. The quantitative estimate of drug-likeness (QED) is 0.735. The lowest BCUT2D eigenvalue weighted by atomic mass is 9.84. The molecule has 2 aliphatic heterocycles. The van der Waals surface area contributed by atoms with Gasteiger partial charge in [0.1, 0.15) is 22.7 Å². The Hall–Kier alpha value is -2.65. The van der Waals surface area contributed by atoms with E-state index in [1.165, 1.54) is 6.07 Å². The molecule has 10 heteroatoms. The van der Waals surface area contributed by atoms with Crippen LogP contribution < -0.4 is 5.32 Å². The number of likely N-dealkylation sites (tertiary alicyclic amines) is 1. The molecule has 1 aromatic rings. The summed E-state index contributed by atoms with van der Waals surface area (Å²) in [6.07, 6.45) is -2.85. The monoisotopic (exact) mass is 452 g/mol. The van der Waals surface area contributed by atoms with Crippen LogP contribution in [0.1, 0.15) is 76.2 Å². The van der Waals surface area contributed by atoms with Crippen molar-refractivity contribution in [1.29, 1.82) is 0 Å². The highest BCUT2D eigenvalue weighted by atomic mass is 19.4. The van der Waals surface area contributed by atoms with E-state index >= 15 is 0 Å². The number of nitrogens with zero attached hydrogens (tertiary/aromatic N) is 3. The first kappa shape index (κ1) is 22.5. The van der Waals surface area contributed by atoms with Crippen molar-refractivity contribution < 1.29 is 27.5 Å². The number of hydrogen-bond acceptors (Lipinski definition) is 5. The highest BCUT2D eigenvalue weighted by Crippen LogP contribution is 2.43. The third-order valence-electron chi connectivity index (χ3n) is 5.97. The minimum atomic E-state index is -4.53.